The van der Waals surface area contributed by atoms with Crippen LogP contribution in [-0.4, -0.2) is 15.6 Å². The molecule has 0 amide bonds. The van der Waals surface area contributed by atoms with Crippen molar-refractivity contribution in [1.29, 1.82) is 0 Å². The number of benzene rings is 2. The van der Waals surface area contributed by atoms with Gasteiger partial charge >= 0.3 is 5.97 Å². The molecule has 0 atom stereocenters. The van der Waals surface area contributed by atoms with Gasteiger partial charge in [0, 0.05) is 11.9 Å². The highest BCUT2D eigenvalue weighted by Gasteiger charge is 2.15. The van der Waals surface area contributed by atoms with E-state index in [1.807, 2.05) is 30.3 Å². The van der Waals surface area contributed by atoms with Crippen LogP contribution < -0.4 is 0 Å². The molecule has 20 heavy (non-hydrogen) atoms. The second-order valence-corrected chi connectivity index (χ2v) is 4.61. The van der Waals surface area contributed by atoms with Crippen molar-refractivity contribution in [2.45, 2.75) is 6.54 Å². The summed E-state index contributed by atoms with van der Waals surface area (Å²) in [6, 6.07) is 15.4. The normalized spacial score (nSPS) is 10.8. The molecule has 3 rings (SSSR count). The molecule has 1 heterocycles. The van der Waals surface area contributed by atoms with Gasteiger partial charge in [-0.2, -0.15) is 0 Å². The Morgan fingerprint density at radius 3 is 2.55 bits per heavy atom. The van der Waals surface area contributed by atoms with Gasteiger partial charge in [-0.15, -0.1) is 0 Å². The number of carboxylic acids is 1. The van der Waals surface area contributed by atoms with E-state index in [4.69, 9.17) is 0 Å². The van der Waals surface area contributed by atoms with Crippen LogP contribution in [0.1, 0.15) is 16.1 Å². The molecule has 3 aromatic rings. The Kier molecular flexibility index (Phi) is 2.99. The number of hydrogen-bond acceptors (Lipinski definition) is 1. The van der Waals surface area contributed by atoms with Crippen LogP contribution in [0, 0.1) is 5.82 Å². The van der Waals surface area contributed by atoms with E-state index in [1.54, 1.807) is 16.7 Å². The highest BCUT2D eigenvalue weighted by Crippen LogP contribution is 2.22. The van der Waals surface area contributed by atoms with E-state index in [2.05, 4.69) is 0 Å². The molecule has 1 aromatic heterocycles. The fourth-order valence-corrected chi connectivity index (χ4v) is 2.34. The van der Waals surface area contributed by atoms with Gasteiger partial charge in [0.25, 0.3) is 0 Å². The van der Waals surface area contributed by atoms with Crippen LogP contribution in [0.15, 0.2) is 54.6 Å². The standard InChI is InChI=1S/C16H12FNO2/c17-13-7-6-12-8-15(16(19)20)18(14(12)9-13)10-11-4-2-1-3-5-11/h1-9H,10H2,(H,19,20). The fraction of sp³-hybridized carbons (Fsp3) is 0.0625. The van der Waals surface area contributed by atoms with Gasteiger partial charge in [0.05, 0.1) is 5.52 Å². The minimum atomic E-state index is -1.02. The Labute approximate surface area is 114 Å². The first-order chi connectivity index (χ1) is 9.65. The molecular formula is C16H12FNO2. The van der Waals surface area contributed by atoms with Gasteiger partial charge in [-0.3, -0.25) is 0 Å². The molecule has 0 saturated carbocycles. The second kappa shape index (κ2) is 4.81. The molecule has 4 heteroatoms. The zero-order chi connectivity index (χ0) is 14.1. The smallest absolute Gasteiger partial charge is 0.352 e. The lowest BCUT2D eigenvalue weighted by Gasteiger charge is -2.08. The number of halogens is 1. The van der Waals surface area contributed by atoms with Crippen molar-refractivity contribution >= 4 is 16.9 Å². The third-order valence-corrected chi connectivity index (χ3v) is 3.27. The van der Waals surface area contributed by atoms with Crippen molar-refractivity contribution in [3.8, 4) is 0 Å². The van der Waals surface area contributed by atoms with Crippen LogP contribution in [0.3, 0.4) is 0 Å². The van der Waals surface area contributed by atoms with Gasteiger partial charge in [0.15, 0.2) is 0 Å². The van der Waals surface area contributed by atoms with Gasteiger partial charge in [0.1, 0.15) is 11.5 Å². The van der Waals surface area contributed by atoms with Crippen molar-refractivity contribution in [2.24, 2.45) is 0 Å². The molecule has 0 aliphatic heterocycles. The Balaban J connectivity index is 2.18. The molecule has 0 fully saturated rings. The zero-order valence-corrected chi connectivity index (χ0v) is 10.6. The summed E-state index contributed by atoms with van der Waals surface area (Å²) in [6.45, 7) is 0.398. The Hall–Kier alpha value is -2.62. The lowest BCUT2D eigenvalue weighted by Crippen LogP contribution is -2.09. The largest absolute Gasteiger partial charge is 0.477 e. The predicted molar refractivity (Wildman–Crippen MR) is 74.4 cm³/mol. The summed E-state index contributed by atoms with van der Waals surface area (Å²) in [5, 5.41) is 10.0. The molecule has 0 saturated heterocycles. The zero-order valence-electron chi connectivity index (χ0n) is 10.6. The molecular weight excluding hydrogens is 257 g/mol. The Bertz CT molecular complexity index is 778. The van der Waals surface area contributed by atoms with Gasteiger partial charge < -0.3 is 9.67 Å². The van der Waals surface area contributed by atoms with Crippen molar-refractivity contribution < 1.29 is 14.3 Å². The quantitative estimate of drug-likeness (QED) is 0.790. The van der Waals surface area contributed by atoms with Gasteiger partial charge in [-0.05, 0) is 29.8 Å². The first-order valence-electron chi connectivity index (χ1n) is 6.21. The minimum Gasteiger partial charge on any atom is -0.477 e. The lowest BCUT2D eigenvalue weighted by atomic mass is 10.2. The second-order valence-electron chi connectivity index (χ2n) is 4.61. The van der Waals surface area contributed by atoms with Crippen molar-refractivity contribution in [3.63, 3.8) is 0 Å². The summed E-state index contributed by atoms with van der Waals surface area (Å²) in [4.78, 5) is 11.4. The van der Waals surface area contributed by atoms with Crippen LogP contribution in [0.25, 0.3) is 10.9 Å². The maximum Gasteiger partial charge on any atom is 0.352 e. The topological polar surface area (TPSA) is 42.2 Å². The van der Waals surface area contributed by atoms with Crippen LogP contribution in [0.2, 0.25) is 0 Å². The van der Waals surface area contributed by atoms with E-state index in [-0.39, 0.29) is 11.5 Å². The molecule has 0 unspecified atom stereocenters. The van der Waals surface area contributed by atoms with E-state index in [1.165, 1.54) is 12.1 Å². The summed E-state index contributed by atoms with van der Waals surface area (Å²) in [7, 11) is 0. The monoisotopic (exact) mass is 269 g/mol. The van der Waals surface area contributed by atoms with Gasteiger partial charge in [0.2, 0.25) is 0 Å². The number of aromatic carboxylic acids is 1. The Morgan fingerprint density at radius 1 is 1.10 bits per heavy atom. The molecule has 1 N–H and O–H groups in total. The first-order valence-corrected chi connectivity index (χ1v) is 6.21. The highest BCUT2D eigenvalue weighted by atomic mass is 19.1. The minimum absolute atomic E-state index is 0.162. The van der Waals surface area contributed by atoms with Crippen LogP contribution in [0.4, 0.5) is 4.39 Å². The molecule has 0 aliphatic carbocycles. The molecule has 3 nitrogen and oxygen atoms in total. The van der Waals surface area contributed by atoms with Crippen LogP contribution in [0.5, 0.6) is 0 Å². The van der Waals surface area contributed by atoms with E-state index >= 15 is 0 Å². The third-order valence-electron chi connectivity index (χ3n) is 3.27. The number of nitrogens with zero attached hydrogens (tertiary/aromatic N) is 1. The van der Waals surface area contributed by atoms with Crippen molar-refractivity contribution in [1.82, 2.24) is 4.57 Å². The van der Waals surface area contributed by atoms with Crippen LogP contribution in [-0.2, 0) is 6.54 Å². The SMILES string of the molecule is O=C(O)c1cc2ccc(F)cc2n1Cc1ccccc1. The number of aromatic nitrogens is 1. The maximum absolute atomic E-state index is 13.4. The molecule has 0 aliphatic rings. The van der Waals surface area contributed by atoms with Gasteiger partial charge in [-0.1, -0.05) is 30.3 Å². The van der Waals surface area contributed by atoms with Crippen molar-refractivity contribution in [3.05, 3.63) is 71.7 Å². The predicted octanol–water partition coefficient (Wildman–Crippen LogP) is 3.53. The van der Waals surface area contributed by atoms with Crippen molar-refractivity contribution in [2.75, 3.05) is 0 Å². The molecule has 0 radical (unpaired) electrons. The van der Waals surface area contributed by atoms with E-state index < -0.39 is 5.97 Å². The summed E-state index contributed by atoms with van der Waals surface area (Å²) < 4.78 is 15.0. The molecule has 2 aromatic carbocycles. The molecule has 0 spiro atoms. The van der Waals surface area contributed by atoms with E-state index in [0.717, 1.165) is 10.9 Å². The summed E-state index contributed by atoms with van der Waals surface area (Å²) in [5.41, 5.74) is 1.72. The molecule has 0 bridgehead atoms. The maximum atomic E-state index is 13.4. The number of fused-ring (bicyclic) bond motifs is 1. The van der Waals surface area contributed by atoms with Crippen LogP contribution >= 0.6 is 0 Å². The summed E-state index contributed by atoms with van der Waals surface area (Å²) in [6.07, 6.45) is 0. The first kappa shape index (κ1) is 12.4. The number of carbonyl (C=O) groups is 1. The van der Waals surface area contributed by atoms with E-state index in [9.17, 15) is 14.3 Å². The summed E-state index contributed by atoms with van der Waals surface area (Å²) in [5.74, 6) is -1.39. The number of carboxylic acid groups (broad SMARTS) is 1. The lowest BCUT2D eigenvalue weighted by molar-refractivity contribution is 0.0686. The fourth-order valence-electron chi connectivity index (χ4n) is 2.34. The van der Waals surface area contributed by atoms with E-state index in [0.29, 0.717) is 12.1 Å². The number of rotatable bonds is 3. The number of hydrogen-bond donors (Lipinski definition) is 1. The third kappa shape index (κ3) is 2.16. The summed E-state index contributed by atoms with van der Waals surface area (Å²) >= 11 is 0. The van der Waals surface area contributed by atoms with Gasteiger partial charge in [-0.25, -0.2) is 9.18 Å². The molecule has 100 valence electrons. The highest BCUT2D eigenvalue weighted by molar-refractivity contribution is 5.94. The average molecular weight is 269 g/mol. The Morgan fingerprint density at radius 2 is 1.85 bits per heavy atom. The average Bonchev–Trinajstić information content (AvgIpc) is 2.78.